The molecule has 4 heteroatoms. The van der Waals surface area contributed by atoms with Gasteiger partial charge in [-0.3, -0.25) is 0 Å². The van der Waals surface area contributed by atoms with Gasteiger partial charge in [-0.2, -0.15) is 0 Å². The third-order valence-electron chi connectivity index (χ3n) is 1.04. The van der Waals surface area contributed by atoms with E-state index in [-0.39, 0.29) is 5.69 Å². The van der Waals surface area contributed by atoms with Gasteiger partial charge in [-0.15, -0.1) is 0 Å². The Kier molecular flexibility index (Phi) is 2.16. The van der Waals surface area contributed by atoms with Crippen LogP contribution >= 0.6 is 27.5 Å². The lowest BCUT2D eigenvalue weighted by Crippen LogP contribution is -1.89. The van der Waals surface area contributed by atoms with Gasteiger partial charge in [-0.1, -0.05) is 11.6 Å². The maximum atomic E-state index is 12.5. The summed E-state index contributed by atoms with van der Waals surface area (Å²) < 4.78 is 13.1. The van der Waals surface area contributed by atoms with E-state index in [9.17, 15) is 4.39 Å². The topological polar surface area (TPSA) is 26.0 Å². The van der Waals surface area contributed by atoms with Gasteiger partial charge < -0.3 is 5.73 Å². The van der Waals surface area contributed by atoms with Crippen molar-refractivity contribution < 1.29 is 4.39 Å². The van der Waals surface area contributed by atoms with E-state index >= 15 is 0 Å². The Balaban J connectivity index is 3.28. The smallest absolute Gasteiger partial charge is 0.147 e. The van der Waals surface area contributed by atoms with Gasteiger partial charge in [-0.05, 0) is 28.1 Å². The maximum Gasteiger partial charge on any atom is 0.147 e. The van der Waals surface area contributed by atoms with Gasteiger partial charge in [0.1, 0.15) is 5.82 Å². The summed E-state index contributed by atoms with van der Waals surface area (Å²) in [7, 11) is 0. The molecular formula is C6H4BrClFN. The molecule has 0 bridgehead atoms. The van der Waals surface area contributed by atoms with Crippen LogP contribution in [0.25, 0.3) is 0 Å². The molecule has 1 aromatic carbocycles. The fraction of sp³-hybridized carbons (Fsp3) is 0. The van der Waals surface area contributed by atoms with Crippen LogP contribution in [0.2, 0.25) is 5.02 Å². The van der Waals surface area contributed by atoms with E-state index in [1.54, 1.807) is 0 Å². The zero-order valence-corrected chi connectivity index (χ0v) is 7.21. The molecule has 0 saturated heterocycles. The molecule has 0 spiro atoms. The molecule has 2 N–H and O–H groups in total. The summed E-state index contributed by atoms with van der Waals surface area (Å²) in [6, 6.07) is 2.60. The van der Waals surface area contributed by atoms with Gasteiger partial charge in [0.05, 0.1) is 10.7 Å². The second-order valence-corrected chi connectivity index (χ2v) is 3.05. The first-order valence-corrected chi connectivity index (χ1v) is 3.68. The summed E-state index contributed by atoms with van der Waals surface area (Å²) in [5.41, 5.74) is 5.32. The molecule has 0 heterocycles. The van der Waals surface area contributed by atoms with Crippen LogP contribution in [-0.4, -0.2) is 0 Å². The molecule has 0 unspecified atom stereocenters. The Morgan fingerprint density at radius 2 is 2.10 bits per heavy atom. The lowest BCUT2D eigenvalue weighted by Gasteiger charge is -1.98. The van der Waals surface area contributed by atoms with E-state index in [0.29, 0.717) is 9.50 Å². The van der Waals surface area contributed by atoms with Crippen molar-refractivity contribution in [1.82, 2.24) is 0 Å². The fourth-order valence-electron chi connectivity index (χ4n) is 0.538. The van der Waals surface area contributed by atoms with Crippen LogP contribution in [0.3, 0.4) is 0 Å². The Morgan fingerprint density at radius 1 is 1.50 bits per heavy atom. The molecule has 0 atom stereocenters. The first-order chi connectivity index (χ1) is 4.61. The number of nitrogen functional groups attached to an aromatic ring is 1. The van der Waals surface area contributed by atoms with Crippen molar-refractivity contribution in [1.29, 1.82) is 0 Å². The largest absolute Gasteiger partial charge is 0.396 e. The van der Waals surface area contributed by atoms with E-state index in [1.807, 2.05) is 0 Å². The van der Waals surface area contributed by atoms with Crippen LogP contribution in [0, 0.1) is 5.82 Å². The van der Waals surface area contributed by atoms with E-state index < -0.39 is 5.82 Å². The first kappa shape index (κ1) is 7.82. The van der Waals surface area contributed by atoms with E-state index in [0.717, 1.165) is 0 Å². The number of hydrogen-bond donors (Lipinski definition) is 1. The molecule has 0 radical (unpaired) electrons. The number of benzene rings is 1. The Morgan fingerprint density at radius 3 is 2.60 bits per heavy atom. The van der Waals surface area contributed by atoms with Crippen LogP contribution in [0.15, 0.2) is 16.6 Å². The molecule has 0 aliphatic carbocycles. The summed E-state index contributed by atoms with van der Waals surface area (Å²) in [5.74, 6) is -0.492. The van der Waals surface area contributed by atoms with Crippen molar-refractivity contribution >= 4 is 33.2 Å². The standard InChI is InChI=1S/C6H4BrClFN/c7-3-1-6(10)5(9)2-4(3)8/h1-2H,10H2. The Hall–Kier alpha value is -0.280. The molecule has 0 saturated carbocycles. The van der Waals surface area contributed by atoms with Crippen molar-refractivity contribution in [2.24, 2.45) is 0 Å². The summed E-state index contributed by atoms with van der Waals surface area (Å²) in [5, 5.41) is 0.326. The van der Waals surface area contributed by atoms with E-state index in [1.165, 1.54) is 12.1 Å². The van der Waals surface area contributed by atoms with Crippen LogP contribution in [0.4, 0.5) is 10.1 Å². The molecule has 54 valence electrons. The highest BCUT2D eigenvalue weighted by molar-refractivity contribution is 9.10. The molecular weight excluding hydrogens is 220 g/mol. The average Bonchev–Trinajstić information content (AvgIpc) is 1.84. The van der Waals surface area contributed by atoms with Crippen LogP contribution in [0.1, 0.15) is 0 Å². The molecule has 10 heavy (non-hydrogen) atoms. The highest BCUT2D eigenvalue weighted by Crippen LogP contribution is 2.26. The Bertz CT molecular complexity index is 214. The predicted octanol–water partition coefficient (Wildman–Crippen LogP) is 2.82. The number of rotatable bonds is 0. The van der Waals surface area contributed by atoms with Crippen molar-refractivity contribution in [3.8, 4) is 0 Å². The molecule has 0 aliphatic heterocycles. The van der Waals surface area contributed by atoms with Gasteiger partial charge in [0.2, 0.25) is 0 Å². The normalized spacial score (nSPS) is 9.90. The molecule has 1 rings (SSSR count). The fourth-order valence-corrected chi connectivity index (χ4v) is 1.05. The van der Waals surface area contributed by atoms with Crippen LogP contribution in [-0.2, 0) is 0 Å². The summed E-state index contributed by atoms with van der Waals surface area (Å²) in [4.78, 5) is 0. The summed E-state index contributed by atoms with van der Waals surface area (Å²) in [6.07, 6.45) is 0. The molecule has 0 fully saturated rings. The number of anilines is 1. The third-order valence-corrected chi connectivity index (χ3v) is 2.24. The third kappa shape index (κ3) is 1.41. The van der Waals surface area contributed by atoms with Gasteiger partial charge in [0.15, 0.2) is 0 Å². The summed E-state index contributed by atoms with van der Waals surface area (Å²) >= 11 is 8.65. The monoisotopic (exact) mass is 223 g/mol. The zero-order valence-electron chi connectivity index (χ0n) is 4.87. The summed E-state index contributed by atoms with van der Waals surface area (Å²) in [6.45, 7) is 0. The van der Waals surface area contributed by atoms with Crippen LogP contribution < -0.4 is 5.73 Å². The Labute approximate surface area is 71.1 Å². The lowest BCUT2D eigenvalue weighted by molar-refractivity contribution is 0.632. The molecule has 0 aliphatic rings. The highest BCUT2D eigenvalue weighted by Gasteiger charge is 2.02. The zero-order chi connectivity index (χ0) is 7.72. The molecule has 0 amide bonds. The predicted molar refractivity (Wildman–Crippen MR) is 43.5 cm³/mol. The second kappa shape index (κ2) is 2.76. The van der Waals surface area contributed by atoms with Gasteiger partial charge in [0.25, 0.3) is 0 Å². The van der Waals surface area contributed by atoms with Gasteiger partial charge in [-0.25, -0.2) is 4.39 Å². The second-order valence-electron chi connectivity index (χ2n) is 1.79. The number of nitrogens with two attached hydrogens (primary N) is 1. The highest BCUT2D eigenvalue weighted by atomic mass is 79.9. The molecule has 0 aromatic heterocycles. The van der Waals surface area contributed by atoms with Crippen molar-refractivity contribution in [2.45, 2.75) is 0 Å². The first-order valence-electron chi connectivity index (χ1n) is 2.51. The minimum atomic E-state index is -0.492. The number of hydrogen-bond acceptors (Lipinski definition) is 1. The molecule has 1 nitrogen and oxygen atoms in total. The van der Waals surface area contributed by atoms with Gasteiger partial charge in [0, 0.05) is 4.47 Å². The quantitative estimate of drug-likeness (QED) is 0.532. The molecule has 1 aromatic rings. The van der Waals surface area contributed by atoms with Crippen molar-refractivity contribution in [3.63, 3.8) is 0 Å². The van der Waals surface area contributed by atoms with Gasteiger partial charge >= 0.3 is 0 Å². The average molecular weight is 224 g/mol. The van der Waals surface area contributed by atoms with Crippen molar-refractivity contribution in [2.75, 3.05) is 5.73 Å². The maximum absolute atomic E-state index is 12.5. The SMILES string of the molecule is Nc1cc(Br)c(Cl)cc1F. The minimum Gasteiger partial charge on any atom is -0.396 e. The van der Waals surface area contributed by atoms with E-state index in [2.05, 4.69) is 15.9 Å². The lowest BCUT2D eigenvalue weighted by atomic mass is 10.3. The minimum absolute atomic E-state index is 0.0938. The number of halogens is 3. The van der Waals surface area contributed by atoms with Crippen molar-refractivity contribution in [3.05, 3.63) is 27.4 Å². The van der Waals surface area contributed by atoms with E-state index in [4.69, 9.17) is 17.3 Å². The van der Waals surface area contributed by atoms with Crippen LogP contribution in [0.5, 0.6) is 0 Å².